The van der Waals surface area contributed by atoms with Gasteiger partial charge in [0.05, 0.1) is 12.2 Å². The minimum Gasteiger partial charge on any atom is -0.462 e. The number of aromatic nitrogens is 1. The van der Waals surface area contributed by atoms with Crippen LogP contribution >= 0.6 is 12.2 Å². The predicted octanol–water partition coefficient (Wildman–Crippen LogP) is 2.29. The van der Waals surface area contributed by atoms with Crippen molar-refractivity contribution in [2.45, 2.75) is 46.6 Å². The number of fused-ring (bicyclic) bond motifs is 1. The molecule has 2 rings (SSSR count). The first-order valence-corrected chi connectivity index (χ1v) is 9.79. The van der Waals surface area contributed by atoms with Gasteiger partial charge in [-0.2, -0.15) is 0 Å². The van der Waals surface area contributed by atoms with Crippen molar-refractivity contribution in [2.75, 3.05) is 18.6 Å². The summed E-state index contributed by atoms with van der Waals surface area (Å²) in [5.41, 5.74) is 1.27. The van der Waals surface area contributed by atoms with Gasteiger partial charge >= 0.3 is 12.1 Å². The third kappa shape index (κ3) is 5.53. The van der Waals surface area contributed by atoms with Gasteiger partial charge in [0.15, 0.2) is 5.11 Å². The molecular weight excluding hydrogens is 408 g/mol. The van der Waals surface area contributed by atoms with E-state index in [0.717, 1.165) is 0 Å². The average molecular weight is 435 g/mol. The number of pyridine rings is 1. The first kappa shape index (κ1) is 23.3. The molecule has 0 aliphatic heterocycles. The molecule has 9 nitrogen and oxygen atoms in total. The number of amides is 2. The molecule has 30 heavy (non-hydrogen) atoms. The molecule has 1 aliphatic carbocycles. The van der Waals surface area contributed by atoms with Crippen LogP contribution in [0.5, 0.6) is 0 Å². The summed E-state index contributed by atoms with van der Waals surface area (Å²) < 4.78 is 10.6. The standard InChI is InChI=1S/C20H26N4O5S/c1-7-28-17(26)15-12-8-9-21-16(24(6)19(27)29-20(3,4)5)13(12)10-14(15)23-18(30)22-11(2)25/h8-9H,7,10H2,1-6H3,(H2,22,23,25,30). The van der Waals surface area contributed by atoms with Gasteiger partial charge in [0.2, 0.25) is 5.91 Å². The molecule has 10 heteroatoms. The van der Waals surface area contributed by atoms with Crippen LogP contribution in [-0.2, 0) is 25.5 Å². The van der Waals surface area contributed by atoms with E-state index in [1.54, 1.807) is 40.8 Å². The number of allylic oxidation sites excluding steroid dienone is 1. The molecule has 0 radical (unpaired) electrons. The molecule has 0 bridgehead atoms. The van der Waals surface area contributed by atoms with Crippen LogP contribution in [0.4, 0.5) is 10.6 Å². The Morgan fingerprint density at radius 3 is 2.53 bits per heavy atom. The minimum atomic E-state index is -0.672. The van der Waals surface area contributed by atoms with Crippen LogP contribution < -0.4 is 15.5 Å². The maximum Gasteiger partial charge on any atom is 0.415 e. The van der Waals surface area contributed by atoms with Gasteiger partial charge in [-0.3, -0.25) is 9.69 Å². The minimum absolute atomic E-state index is 0.0575. The van der Waals surface area contributed by atoms with Gasteiger partial charge in [0.1, 0.15) is 11.4 Å². The van der Waals surface area contributed by atoms with E-state index in [1.165, 1.54) is 18.0 Å². The summed E-state index contributed by atoms with van der Waals surface area (Å²) in [6.45, 7) is 8.54. The van der Waals surface area contributed by atoms with E-state index >= 15 is 0 Å². The van der Waals surface area contributed by atoms with Crippen LogP contribution in [0, 0.1) is 0 Å². The molecule has 1 aromatic rings. The maximum absolute atomic E-state index is 12.6. The molecule has 0 saturated heterocycles. The first-order valence-electron chi connectivity index (χ1n) is 9.38. The zero-order chi connectivity index (χ0) is 22.6. The van der Waals surface area contributed by atoms with Crippen molar-refractivity contribution in [3.63, 3.8) is 0 Å². The molecule has 1 aliphatic rings. The number of rotatable bonds is 4. The lowest BCUT2D eigenvalue weighted by atomic mass is 10.1. The summed E-state index contributed by atoms with van der Waals surface area (Å²) in [6.07, 6.45) is 1.17. The van der Waals surface area contributed by atoms with E-state index in [4.69, 9.17) is 21.7 Å². The lowest BCUT2D eigenvalue weighted by Gasteiger charge is -2.25. The van der Waals surface area contributed by atoms with E-state index in [2.05, 4.69) is 15.6 Å². The Kier molecular flexibility index (Phi) is 7.14. The van der Waals surface area contributed by atoms with Crippen LogP contribution in [0.25, 0.3) is 5.57 Å². The molecular formula is C20H26N4O5S. The van der Waals surface area contributed by atoms with Crippen molar-refractivity contribution >= 4 is 46.7 Å². The number of carbonyl (C=O) groups is 3. The molecule has 0 saturated carbocycles. The number of thiocarbonyl (C=S) groups is 1. The summed E-state index contributed by atoms with van der Waals surface area (Å²) in [4.78, 5) is 42.1. The Morgan fingerprint density at radius 2 is 1.97 bits per heavy atom. The molecule has 2 N–H and O–H groups in total. The fourth-order valence-corrected chi connectivity index (χ4v) is 3.16. The molecule has 1 aromatic heterocycles. The Morgan fingerprint density at radius 1 is 1.30 bits per heavy atom. The first-order chi connectivity index (χ1) is 13.9. The molecule has 0 aromatic carbocycles. The Hall–Kier alpha value is -3.01. The van der Waals surface area contributed by atoms with Gasteiger partial charge in [0, 0.05) is 37.8 Å². The van der Waals surface area contributed by atoms with E-state index in [1.807, 2.05) is 0 Å². The second kappa shape index (κ2) is 9.21. The number of esters is 1. The summed E-state index contributed by atoms with van der Waals surface area (Å²) in [7, 11) is 1.55. The molecule has 0 spiro atoms. The number of hydrogen-bond acceptors (Lipinski definition) is 7. The monoisotopic (exact) mass is 434 g/mol. The molecule has 0 fully saturated rings. The molecule has 1 heterocycles. The van der Waals surface area contributed by atoms with Gasteiger partial charge in [-0.25, -0.2) is 14.6 Å². The molecule has 0 atom stereocenters. The smallest absolute Gasteiger partial charge is 0.415 e. The quantitative estimate of drug-likeness (QED) is 0.549. The highest BCUT2D eigenvalue weighted by Crippen LogP contribution is 2.37. The van der Waals surface area contributed by atoms with E-state index in [9.17, 15) is 14.4 Å². The number of nitrogens with one attached hydrogen (secondary N) is 2. The van der Waals surface area contributed by atoms with E-state index in [-0.39, 0.29) is 29.6 Å². The second-order valence-corrected chi connectivity index (χ2v) is 7.99. The van der Waals surface area contributed by atoms with Gasteiger partial charge < -0.3 is 20.1 Å². The molecule has 0 unspecified atom stereocenters. The lowest BCUT2D eigenvalue weighted by molar-refractivity contribution is -0.136. The maximum atomic E-state index is 12.6. The van der Waals surface area contributed by atoms with Gasteiger partial charge in [-0.1, -0.05) is 0 Å². The van der Waals surface area contributed by atoms with Crippen molar-refractivity contribution < 1.29 is 23.9 Å². The number of anilines is 1. The highest BCUT2D eigenvalue weighted by Gasteiger charge is 2.33. The topological polar surface area (TPSA) is 110 Å². The third-order valence-electron chi connectivity index (χ3n) is 3.98. The lowest BCUT2D eigenvalue weighted by Crippen LogP contribution is -2.38. The summed E-state index contributed by atoms with van der Waals surface area (Å²) in [5, 5.41) is 5.42. The largest absolute Gasteiger partial charge is 0.462 e. The van der Waals surface area contributed by atoms with Crippen molar-refractivity contribution in [3.05, 3.63) is 29.1 Å². The van der Waals surface area contributed by atoms with Gasteiger partial charge in [-0.15, -0.1) is 0 Å². The van der Waals surface area contributed by atoms with Crippen LogP contribution in [0.1, 0.15) is 45.7 Å². The van der Waals surface area contributed by atoms with E-state index in [0.29, 0.717) is 22.6 Å². The Bertz CT molecular complexity index is 920. The zero-order valence-corrected chi connectivity index (χ0v) is 18.7. The van der Waals surface area contributed by atoms with Crippen molar-refractivity contribution in [1.29, 1.82) is 0 Å². The fraction of sp³-hybridized carbons (Fsp3) is 0.450. The highest BCUT2D eigenvalue weighted by molar-refractivity contribution is 7.80. The highest BCUT2D eigenvalue weighted by atomic mass is 32.1. The number of nitrogens with zero attached hydrogens (tertiary/aromatic N) is 2. The Balaban J connectivity index is 2.43. The predicted molar refractivity (Wildman–Crippen MR) is 116 cm³/mol. The van der Waals surface area contributed by atoms with Crippen LogP contribution in [0.2, 0.25) is 0 Å². The molecule has 2 amide bonds. The fourth-order valence-electron chi connectivity index (χ4n) is 2.89. The van der Waals surface area contributed by atoms with Crippen molar-refractivity contribution in [2.24, 2.45) is 0 Å². The summed E-state index contributed by atoms with van der Waals surface area (Å²) >= 11 is 5.14. The second-order valence-electron chi connectivity index (χ2n) is 7.59. The number of carbonyl (C=O) groups excluding carboxylic acids is 3. The average Bonchev–Trinajstić information content (AvgIpc) is 2.96. The number of hydrogen-bond donors (Lipinski definition) is 2. The van der Waals surface area contributed by atoms with Crippen molar-refractivity contribution in [3.8, 4) is 0 Å². The van der Waals surface area contributed by atoms with Gasteiger partial charge in [0.25, 0.3) is 0 Å². The van der Waals surface area contributed by atoms with Crippen LogP contribution in [0.3, 0.4) is 0 Å². The van der Waals surface area contributed by atoms with E-state index < -0.39 is 17.7 Å². The summed E-state index contributed by atoms with van der Waals surface area (Å²) in [6, 6.07) is 1.67. The van der Waals surface area contributed by atoms with Crippen LogP contribution in [-0.4, -0.2) is 47.3 Å². The summed E-state index contributed by atoms with van der Waals surface area (Å²) in [5.74, 6) is -0.527. The Labute approximate surface area is 180 Å². The van der Waals surface area contributed by atoms with Crippen LogP contribution in [0.15, 0.2) is 18.0 Å². The van der Waals surface area contributed by atoms with Crippen molar-refractivity contribution in [1.82, 2.24) is 15.6 Å². The van der Waals surface area contributed by atoms with Gasteiger partial charge in [-0.05, 0) is 51.5 Å². The zero-order valence-electron chi connectivity index (χ0n) is 17.9. The molecule has 162 valence electrons. The number of ether oxygens (including phenoxy) is 2. The normalized spacial score (nSPS) is 12.7. The third-order valence-corrected chi connectivity index (χ3v) is 4.18. The SMILES string of the molecule is CCOC(=O)C1=C(NC(=S)NC(C)=O)Cc2c1ccnc2N(C)C(=O)OC(C)(C)C.